The fourth-order valence-corrected chi connectivity index (χ4v) is 3.28. The van der Waals surface area contributed by atoms with Gasteiger partial charge in [0.15, 0.2) is 5.13 Å². The predicted molar refractivity (Wildman–Crippen MR) is 100 cm³/mol. The summed E-state index contributed by atoms with van der Waals surface area (Å²) in [4.78, 5) is 16.6. The first-order valence-electron chi connectivity index (χ1n) is 8.13. The van der Waals surface area contributed by atoms with Crippen LogP contribution in [0.5, 0.6) is 0 Å². The highest BCUT2D eigenvalue weighted by molar-refractivity contribution is 7.14. The lowest BCUT2D eigenvalue weighted by Crippen LogP contribution is -2.14. The van der Waals surface area contributed by atoms with Gasteiger partial charge in [-0.3, -0.25) is 4.79 Å². The summed E-state index contributed by atoms with van der Waals surface area (Å²) in [5.74, 6) is -0.0413. The number of carbonyl (C=O) groups is 1. The zero-order valence-electron chi connectivity index (χ0n) is 13.7. The van der Waals surface area contributed by atoms with Crippen LogP contribution in [0.2, 0.25) is 0 Å². The van der Waals surface area contributed by atoms with Gasteiger partial charge in [-0.15, -0.1) is 11.3 Å². The standard InChI is InChI=1S/C20H20N2OS/c1-2-6-15-9-11-17(12-10-15)18-14-24-20(21-18)22-19(23)13-16-7-4-3-5-8-16/h3-5,7-12,14H,2,6,13H2,1H3,(H,21,22,23). The highest BCUT2D eigenvalue weighted by Crippen LogP contribution is 2.25. The third-order valence-electron chi connectivity index (χ3n) is 3.75. The van der Waals surface area contributed by atoms with Crippen LogP contribution in [0.3, 0.4) is 0 Å². The highest BCUT2D eigenvalue weighted by Gasteiger charge is 2.09. The Kier molecular flexibility index (Phi) is 5.39. The number of aryl methyl sites for hydroxylation is 1. The van der Waals surface area contributed by atoms with Gasteiger partial charge in [0.2, 0.25) is 5.91 Å². The molecule has 1 aromatic heterocycles. The number of hydrogen-bond acceptors (Lipinski definition) is 3. The molecule has 0 saturated carbocycles. The lowest BCUT2D eigenvalue weighted by atomic mass is 10.1. The fourth-order valence-electron chi connectivity index (χ4n) is 2.54. The quantitative estimate of drug-likeness (QED) is 0.692. The van der Waals surface area contributed by atoms with Crippen LogP contribution in [0.15, 0.2) is 60.0 Å². The van der Waals surface area contributed by atoms with Gasteiger partial charge >= 0.3 is 0 Å². The van der Waals surface area contributed by atoms with E-state index in [0.29, 0.717) is 11.6 Å². The van der Waals surface area contributed by atoms with Crippen LogP contribution in [0.4, 0.5) is 5.13 Å². The Hall–Kier alpha value is -2.46. The average molecular weight is 336 g/mol. The molecule has 2 aromatic carbocycles. The number of aromatic nitrogens is 1. The topological polar surface area (TPSA) is 42.0 Å². The Labute approximate surface area is 146 Å². The fraction of sp³-hybridized carbons (Fsp3) is 0.200. The predicted octanol–water partition coefficient (Wildman–Crippen LogP) is 4.94. The van der Waals surface area contributed by atoms with Crippen LogP contribution >= 0.6 is 11.3 Å². The third-order valence-corrected chi connectivity index (χ3v) is 4.50. The van der Waals surface area contributed by atoms with Crippen molar-refractivity contribution in [2.75, 3.05) is 5.32 Å². The molecule has 0 atom stereocenters. The number of hydrogen-bond donors (Lipinski definition) is 1. The van der Waals surface area contributed by atoms with E-state index in [4.69, 9.17) is 0 Å². The van der Waals surface area contributed by atoms with Gasteiger partial charge in [-0.1, -0.05) is 67.9 Å². The molecule has 0 aliphatic rings. The number of nitrogens with zero attached hydrogens (tertiary/aromatic N) is 1. The number of nitrogens with one attached hydrogen (secondary N) is 1. The minimum atomic E-state index is -0.0413. The molecule has 122 valence electrons. The Bertz CT molecular complexity index is 794. The number of carbonyl (C=O) groups excluding carboxylic acids is 1. The van der Waals surface area contributed by atoms with Crippen molar-refractivity contribution in [2.24, 2.45) is 0 Å². The number of thiazole rings is 1. The number of benzene rings is 2. The summed E-state index contributed by atoms with van der Waals surface area (Å²) in [6.07, 6.45) is 2.60. The van der Waals surface area contributed by atoms with Gasteiger partial charge in [0.25, 0.3) is 0 Å². The summed E-state index contributed by atoms with van der Waals surface area (Å²) in [7, 11) is 0. The van der Waals surface area contributed by atoms with E-state index in [9.17, 15) is 4.79 Å². The van der Waals surface area contributed by atoms with Crippen molar-refractivity contribution in [3.8, 4) is 11.3 Å². The molecule has 0 aliphatic heterocycles. The largest absolute Gasteiger partial charge is 0.302 e. The molecule has 0 saturated heterocycles. The molecule has 0 bridgehead atoms. The maximum atomic E-state index is 12.1. The lowest BCUT2D eigenvalue weighted by molar-refractivity contribution is -0.115. The molecular formula is C20H20N2OS. The molecule has 0 spiro atoms. The molecule has 1 N–H and O–H groups in total. The molecule has 0 unspecified atom stereocenters. The Balaban J connectivity index is 1.63. The molecule has 3 nitrogen and oxygen atoms in total. The second-order valence-corrected chi connectivity index (χ2v) is 6.55. The van der Waals surface area contributed by atoms with E-state index < -0.39 is 0 Å². The Morgan fingerprint density at radius 1 is 1.04 bits per heavy atom. The van der Waals surface area contributed by atoms with Gasteiger partial charge in [0.1, 0.15) is 0 Å². The van der Waals surface area contributed by atoms with E-state index in [2.05, 4.69) is 41.5 Å². The smallest absolute Gasteiger partial charge is 0.230 e. The number of anilines is 1. The minimum absolute atomic E-state index is 0.0413. The first kappa shape index (κ1) is 16.4. The molecule has 24 heavy (non-hydrogen) atoms. The molecule has 1 heterocycles. The SMILES string of the molecule is CCCc1ccc(-c2csc(NC(=O)Cc3ccccc3)n2)cc1. The summed E-state index contributed by atoms with van der Waals surface area (Å²) in [5.41, 5.74) is 4.32. The van der Waals surface area contributed by atoms with Gasteiger partial charge in [-0.2, -0.15) is 0 Å². The molecule has 3 aromatic rings. The maximum absolute atomic E-state index is 12.1. The van der Waals surface area contributed by atoms with E-state index in [1.807, 2.05) is 35.7 Å². The zero-order valence-corrected chi connectivity index (χ0v) is 14.5. The molecule has 1 amide bonds. The Morgan fingerprint density at radius 3 is 2.50 bits per heavy atom. The summed E-state index contributed by atoms with van der Waals surface area (Å²) in [5, 5.41) is 5.50. The second-order valence-electron chi connectivity index (χ2n) is 5.70. The molecular weight excluding hydrogens is 316 g/mol. The van der Waals surface area contributed by atoms with Crippen molar-refractivity contribution in [3.63, 3.8) is 0 Å². The van der Waals surface area contributed by atoms with Crippen LogP contribution < -0.4 is 5.32 Å². The van der Waals surface area contributed by atoms with Gasteiger partial charge in [0, 0.05) is 10.9 Å². The van der Waals surface area contributed by atoms with E-state index in [0.717, 1.165) is 29.7 Å². The summed E-state index contributed by atoms with van der Waals surface area (Å²) in [6, 6.07) is 18.2. The van der Waals surface area contributed by atoms with E-state index in [-0.39, 0.29) is 5.91 Å². The van der Waals surface area contributed by atoms with Crippen molar-refractivity contribution in [1.29, 1.82) is 0 Å². The summed E-state index contributed by atoms with van der Waals surface area (Å²) < 4.78 is 0. The van der Waals surface area contributed by atoms with Crippen LogP contribution in [-0.4, -0.2) is 10.9 Å². The van der Waals surface area contributed by atoms with E-state index in [1.165, 1.54) is 16.9 Å². The summed E-state index contributed by atoms with van der Waals surface area (Å²) in [6.45, 7) is 2.18. The Morgan fingerprint density at radius 2 is 1.79 bits per heavy atom. The minimum Gasteiger partial charge on any atom is -0.302 e. The molecule has 0 aliphatic carbocycles. The van der Waals surface area contributed by atoms with E-state index >= 15 is 0 Å². The van der Waals surface area contributed by atoms with Gasteiger partial charge in [0.05, 0.1) is 12.1 Å². The van der Waals surface area contributed by atoms with Crippen molar-refractivity contribution in [3.05, 3.63) is 71.1 Å². The molecule has 0 radical (unpaired) electrons. The van der Waals surface area contributed by atoms with Gasteiger partial charge < -0.3 is 5.32 Å². The van der Waals surface area contributed by atoms with E-state index in [1.54, 1.807) is 0 Å². The monoisotopic (exact) mass is 336 g/mol. The number of amides is 1. The third kappa shape index (κ3) is 4.30. The molecule has 4 heteroatoms. The second kappa shape index (κ2) is 7.88. The summed E-state index contributed by atoms with van der Waals surface area (Å²) >= 11 is 1.45. The van der Waals surface area contributed by atoms with Crippen LogP contribution in [0, 0.1) is 0 Å². The highest BCUT2D eigenvalue weighted by atomic mass is 32.1. The van der Waals surface area contributed by atoms with Crippen molar-refractivity contribution >= 4 is 22.4 Å². The number of rotatable bonds is 6. The first-order chi connectivity index (χ1) is 11.7. The van der Waals surface area contributed by atoms with Crippen molar-refractivity contribution < 1.29 is 4.79 Å². The van der Waals surface area contributed by atoms with Crippen molar-refractivity contribution in [1.82, 2.24) is 4.98 Å². The molecule has 0 fully saturated rings. The molecule has 3 rings (SSSR count). The van der Waals surface area contributed by atoms with Gasteiger partial charge in [-0.05, 0) is 17.5 Å². The van der Waals surface area contributed by atoms with Crippen LogP contribution in [0.1, 0.15) is 24.5 Å². The normalized spacial score (nSPS) is 10.5. The van der Waals surface area contributed by atoms with Crippen LogP contribution in [-0.2, 0) is 17.6 Å². The first-order valence-corrected chi connectivity index (χ1v) is 9.01. The van der Waals surface area contributed by atoms with Crippen LogP contribution in [0.25, 0.3) is 11.3 Å². The zero-order chi connectivity index (χ0) is 16.8. The maximum Gasteiger partial charge on any atom is 0.230 e. The van der Waals surface area contributed by atoms with Gasteiger partial charge in [-0.25, -0.2) is 4.98 Å². The lowest BCUT2D eigenvalue weighted by Gasteiger charge is -2.02. The average Bonchev–Trinajstić information content (AvgIpc) is 3.05. The van der Waals surface area contributed by atoms with Crippen molar-refractivity contribution in [2.45, 2.75) is 26.2 Å².